The number of hydrogen-bond donors (Lipinski definition) is 1. The summed E-state index contributed by atoms with van der Waals surface area (Å²) < 4.78 is 5.28. The van der Waals surface area contributed by atoms with Gasteiger partial charge in [-0.3, -0.25) is 4.79 Å². The summed E-state index contributed by atoms with van der Waals surface area (Å²) in [6.45, 7) is 2.22. The van der Waals surface area contributed by atoms with Crippen LogP contribution in [0, 0.1) is 17.2 Å². The van der Waals surface area contributed by atoms with Crippen LogP contribution in [0.2, 0.25) is 5.02 Å². The third-order valence-electron chi connectivity index (χ3n) is 5.25. The van der Waals surface area contributed by atoms with Gasteiger partial charge in [0.1, 0.15) is 11.1 Å². The lowest BCUT2D eigenvalue weighted by atomic mass is 9.88. The first-order valence-electron chi connectivity index (χ1n) is 9.97. The molecule has 1 unspecified atom stereocenters. The Morgan fingerprint density at radius 1 is 1.43 bits per heavy atom. The number of benzene rings is 1. The summed E-state index contributed by atoms with van der Waals surface area (Å²) in [5.41, 5.74) is 2.47. The topological polar surface area (TPSA) is 91.8 Å². The van der Waals surface area contributed by atoms with E-state index in [-0.39, 0.29) is 5.91 Å². The van der Waals surface area contributed by atoms with Crippen LogP contribution in [0.4, 0.5) is 5.00 Å². The van der Waals surface area contributed by atoms with Crippen molar-refractivity contribution in [3.05, 3.63) is 51.2 Å². The van der Waals surface area contributed by atoms with Gasteiger partial charge in [-0.15, -0.1) is 11.3 Å². The molecule has 3 aromatic rings. The first-order chi connectivity index (χ1) is 14.5. The Labute approximate surface area is 183 Å². The van der Waals surface area contributed by atoms with Gasteiger partial charge < -0.3 is 9.84 Å². The van der Waals surface area contributed by atoms with Crippen molar-refractivity contribution in [1.29, 1.82) is 5.26 Å². The molecule has 0 radical (unpaired) electrons. The van der Waals surface area contributed by atoms with Crippen molar-refractivity contribution < 1.29 is 9.32 Å². The van der Waals surface area contributed by atoms with E-state index >= 15 is 0 Å². The van der Waals surface area contributed by atoms with Crippen LogP contribution in [0.25, 0.3) is 11.4 Å². The Hall–Kier alpha value is -2.69. The summed E-state index contributed by atoms with van der Waals surface area (Å²) in [7, 11) is 0. The Morgan fingerprint density at radius 3 is 3.07 bits per heavy atom. The zero-order chi connectivity index (χ0) is 21.1. The molecule has 4 rings (SSSR count). The number of carbonyl (C=O) groups excluding carboxylic acids is 1. The average molecular weight is 441 g/mol. The van der Waals surface area contributed by atoms with Crippen molar-refractivity contribution in [3.63, 3.8) is 0 Å². The zero-order valence-corrected chi connectivity index (χ0v) is 18.1. The number of aromatic nitrogens is 2. The van der Waals surface area contributed by atoms with E-state index in [9.17, 15) is 10.1 Å². The highest BCUT2D eigenvalue weighted by Crippen LogP contribution is 2.39. The lowest BCUT2D eigenvalue weighted by Crippen LogP contribution is -2.12. The van der Waals surface area contributed by atoms with Gasteiger partial charge in [0, 0.05) is 23.3 Å². The molecular weight excluding hydrogens is 420 g/mol. The average Bonchev–Trinajstić information content (AvgIpc) is 3.32. The van der Waals surface area contributed by atoms with E-state index in [0.29, 0.717) is 58.0 Å². The number of halogens is 1. The molecule has 1 N–H and O–H groups in total. The molecule has 1 aliphatic rings. The van der Waals surface area contributed by atoms with Crippen molar-refractivity contribution in [2.24, 2.45) is 5.92 Å². The first-order valence-corrected chi connectivity index (χ1v) is 11.2. The van der Waals surface area contributed by atoms with E-state index < -0.39 is 0 Å². The minimum atomic E-state index is -0.107. The Morgan fingerprint density at radius 2 is 2.27 bits per heavy atom. The summed E-state index contributed by atoms with van der Waals surface area (Å²) in [4.78, 5) is 18.0. The summed E-state index contributed by atoms with van der Waals surface area (Å²) in [5, 5.41) is 17.7. The van der Waals surface area contributed by atoms with Gasteiger partial charge in [0.25, 0.3) is 0 Å². The maximum absolute atomic E-state index is 12.4. The summed E-state index contributed by atoms with van der Waals surface area (Å²) >= 11 is 7.71. The van der Waals surface area contributed by atoms with Crippen LogP contribution in [-0.2, 0) is 24.1 Å². The van der Waals surface area contributed by atoms with Crippen molar-refractivity contribution in [2.45, 2.75) is 45.4 Å². The number of rotatable bonds is 6. The molecule has 8 heteroatoms. The molecule has 0 fully saturated rings. The fourth-order valence-corrected chi connectivity index (χ4v) is 5.25. The Bertz CT molecular complexity index is 1110. The van der Waals surface area contributed by atoms with Crippen molar-refractivity contribution in [2.75, 3.05) is 5.32 Å². The van der Waals surface area contributed by atoms with E-state index in [1.165, 1.54) is 4.88 Å². The van der Waals surface area contributed by atoms with Crippen LogP contribution in [0.3, 0.4) is 0 Å². The lowest BCUT2D eigenvalue weighted by Gasteiger charge is -2.17. The van der Waals surface area contributed by atoms with Crippen LogP contribution in [0.15, 0.2) is 28.8 Å². The van der Waals surface area contributed by atoms with E-state index in [1.807, 2.05) is 18.2 Å². The maximum Gasteiger partial charge on any atom is 0.226 e. The molecule has 0 saturated heterocycles. The second-order valence-corrected chi connectivity index (χ2v) is 9.07. The number of anilines is 1. The normalized spacial score (nSPS) is 15.4. The van der Waals surface area contributed by atoms with E-state index in [1.54, 1.807) is 17.4 Å². The fourth-order valence-electron chi connectivity index (χ4n) is 3.65. The number of carbonyl (C=O) groups is 1. The lowest BCUT2D eigenvalue weighted by molar-refractivity contribution is -0.116. The van der Waals surface area contributed by atoms with Crippen molar-refractivity contribution in [3.8, 4) is 17.5 Å². The van der Waals surface area contributed by atoms with E-state index in [4.69, 9.17) is 16.1 Å². The van der Waals surface area contributed by atoms with Crippen molar-refractivity contribution >= 4 is 33.8 Å². The SMILES string of the molecule is CC1CCc2c(sc(NC(=O)CCCc3nc(-c4ccccc4Cl)no3)c2C#N)C1. The minimum Gasteiger partial charge on any atom is -0.339 e. The highest BCUT2D eigenvalue weighted by molar-refractivity contribution is 7.16. The van der Waals surface area contributed by atoms with Gasteiger partial charge in [-0.25, -0.2) is 0 Å². The van der Waals surface area contributed by atoms with Gasteiger partial charge in [0.15, 0.2) is 0 Å². The molecule has 1 aromatic carbocycles. The molecule has 154 valence electrons. The second kappa shape index (κ2) is 8.99. The molecule has 6 nitrogen and oxygen atoms in total. The third kappa shape index (κ3) is 4.40. The molecule has 1 atom stereocenters. The number of aryl methyl sites for hydroxylation is 1. The monoisotopic (exact) mass is 440 g/mol. The van der Waals surface area contributed by atoms with Gasteiger partial charge in [-0.2, -0.15) is 10.2 Å². The summed E-state index contributed by atoms with van der Waals surface area (Å²) in [6.07, 6.45) is 4.36. The maximum atomic E-state index is 12.4. The molecule has 0 spiro atoms. The van der Waals surface area contributed by atoms with Gasteiger partial charge >= 0.3 is 0 Å². The van der Waals surface area contributed by atoms with Crippen LogP contribution >= 0.6 is 22.9 Å². The molecule has 1 amide bonds. The summed E-state index contributed by atoms with van der Waals surface area (Å²) in [5.74, 6) is 1.42. The van der Waals surface area contributed by atoms with Crippen LogP contribution in [0.1, 0.15) is 48.1 Å². The first kappa shape index (κ1) is 20.6. The van der Waals surface area contributed by atoms with Gasteiger partial charge in [0.05, 0.1) is 10.6 Å². The molecule has 1 aliphatic carbocycles. The number of hydrogen-bond acceptors (Lipinski definition) is 6. The molecule has 0 saturated carbocycles. The number of amides is 1. The molecule has 2 heterocycles. The van der Waals surface area contributed by atoms with E-state index in [2.05, 4.69) is 28.5 Å². The molecule has 0 aliphatic heterocycles. The number of nitriles is 1. The number of thiophene rings is 1. The van der Waals surface area contributed by atoms with Crippen LogP contribution in [0.5, 0.6) is 0 Å². The predicted molar refractivity (Wildman–Crippen MR) is 117 cm³/mol. The standard InChI is InChI=1S/C22H21ClN4O2S/c1-13-9-10-14-16(12-24)22(30-18(14)11-13)25-19(28)7-4-8-20-26-21(27-29-20)15-5-2-3-6-17(15)23/h2-3,5-6,13H,4,7-11H2,1H3,(H,25,28). The van der Waals surface area contributed by atoms with Crippen molar-refractivity contribution in [1.82, 2.24) is 10.1 Å². The Balaban J connectivity index is 1.33. The highest BCUT2D eigenvalue weighted by atomic mass is 35.5. The fraction of sp³-hybridized carbons (Fsp3) is 0.364. The molecule has 0 bridgehead atoms. The Kier molecular flexibility index (Phi) is 6.16. The predicted octanol–water partition coefficient (Wildman–Crippen LogP) is 5.41. The molecule has 30 heavy (non-hydrogen) atoms. The smallest absolute Gasteiger partial charge is 0.226 e. The number of nitrogens with one attached hydrogen (secondary N) is 1. The quantitative estimate of drug-likeness (QED) is 0.553. The summed E-state index contributed by atoms with van der Waals surface area (Å²) in [6, 6.07) is 9.59. The second-order valence-electron chi connectivity index (χ2n) is 7.56. The molecular formula is C22H21ClN4O2S. The largest absolute Gasteiger partial charge is 0.339 e. The van der Waals surface area contributed by atoms with Crippen LogP contribution in [-0.4, -0.2) is 16.0 Å². The van der Waals surface area contributed by atoms with Crippen LogP contribution < -0.4 is 5.32 Å². The van der Waals surface area contributed by atoms with Gasteiger partial charge in [-0.1, -0.05) is 35.8 Å². The molecule has 2 aromatic heterocycles. The van der Waals surface area contributed by atoms with E-state index in [0.717, 1.165) is 24.8 Å². The third-order valence-corrected chi connectivity index (χ3v) is 6.75. The van der Waals surface area contributed by atoms with Gasteiger partial charge in [0.2, 0.25) is 17.6 Å². The highest BCUT2D eigenvalue weighted by Gasteiger charge is 2.24. The minimum absolute atomic E-state index is 0.107. The number of nitrogens with zero attached hydrogens (tertiary/aromatic N) is 3. The van der Waals surface area contributed by atoms with Gasteiger partial charge in [-0.05, 0) is 49.3 Å². The number of fused-ring (bicyclic) bond motifs is 1. The zero-order valence-electron chi connectivity index (χ0n) is 16.6.